The fraction of sp³-hybridized carbons (Fsp3) is 0.538. The van der Waals surface area contributed by atoms with Crippen molar-refractivity contribution < 1.29 is 0 Å². The third-order valence-corrected chi connectivity index (χ3v) is 4.51. The van der Waals surface area contributed by atoms with Gasteiger partial charge >= 0.3 is 0 Å². The third-order valence-electron chi connectivity index (χ3n) is 3.64. The van der Waals surface area contributed by atoms with Gasteiger partial charge in [-0.25, -0.2) is 4.98 Å². The van der Waals surface area contributed by atoms with Crippen molar-refractivity contribution in [1.82, 2.24) is 20.1 Å². The Morgan fingerprint density at radius 3 is 3.06 bits per heavy atom. The SMILES string of the molecule is Cn1nc(-c2cccs2)nc1C1(C)CCCNC1. The maximum absolute atomic E-state index is 4.77. The van der Waals surface area contributed by atoms with Crippen LogP contribution >= 0.6 is 11.3 Å². The first-order chi connectivity index (χ1) is 8.69. The van der Waals surface area contributed by atoms with Crippen molar-refractivity contribution in [2.45, 2.75) is 25.2 Å². The van der Waals surface area contributed by atoms with Gasteiger partial charge in [-0.2, -0.15) is 5.10 Å². The molecule has 2 aromatic rings. The molecular formula is C13H18N4S. The molecule has 18 heavy (non-hydrogen) atoms. The van der Waals surface area contributed by atoms with Crippen LogP contribution < -0.4 is 5.32 Å². The highest BCUT2D eigenvalue weighted by atomic mass is 32.1. The van der Waals surface area contributed by atoms with Gasteiger partial charge in [-0.05, 0) is 30.8 Å². The Hall–Kier alpha value is -1.20. The van der Waals surface area contributed by atoms with Crippen molar-refractivity contribution in [3.8, 4) is 10.7 Å². The van der Waals surface area contributed by atoms with Gasteiger partial charge in [0.25, 0.3) is 0 Å². The molecule has 0 aromatic carbocycles. The van der Waals surface area contributed by atoms with E-state index in [4.69, 9.17) is 4.98 Å². The predicted molar refractivity (Wildman–Crippen MR) is 73.8 cm³/mol. The normalized spacial score (nSPS) is 24.3. The predicted octanol–water partition coefficient (Wildman–Crippen LogP) is 2.18. The quantitative estimate of drug-likeness (QED) is 0.902. The van der Waals surface area contributed by atoms with Crippen molar-refractivity contribution in [1.29, 1.82) is 0 Å². The molecule has 0 radical (unpaired) electrons. The fourth-order valence-corrected chi connectivity index (χ4v) is 3.32. The van der Waals surface area contributed by atoms with Crippen LogP contribution in [0.5, 0.6) is 0 Å². The standard InChI is InChI=1S/C13H18N4S/c1-13(6-4-7-14-9-13)12-15-11(16-17(12)2)10-5-3-8-18-10/h3,5,8,14H,4,6-7,9H2,1-2H3. The van der Waals surface area contributed by atoms with E-state index in [1.165, 1.54) is 12.8 Å². The fourth-order valence-electron chi connectivity index (χ4n) is 2.67. The molecule has 4 nitrogen and oxygen atoms in total. The lowest BCUT2D eigenvalue weighted by atomic mass is 9.82. The van der Waals surface area contributed by atoms with E-state index in [9.17, 15) is 0 Å². The van der Waals surface area contributed by atoms with Crippen molar-refractivity contribution in [2.24, 2.45) is 7.05 Å². The summed E-state index contributed by atoms with van der Waals surface area (Å²) in [5.41, 5.74) is 0.107. The molecule has 1 atom stereocenters. The maximum atomic E-state index is 4.77. The molecule has 0 bridgehead atoms. The van der Waals surface area contributed by atoms with Crippen LogP contribution in [0.1, 0.15) is 25.6 Å². The molecule has 5 heteroatoms. The summed E-state index contributed by atoms with van der Waals surface area (Å²) in [6, 6.07) is 4.12. The van der Waals surface area contributed by atoms with Crippen molar-refractivity contribution in [3.05, 3.63) is 23.3 Å². The summed E-state index contributed by atoms with van der Waals surface area (Å²) in [5.74, 6) is 1.95. The number of hydrogen-bond donors (Lipinski definition) is 1. The Labute approximate surface area is 111 Å². The lowest BCUT2D eigenvalue weighted by molar-refractivity contribution is 0.314. The van der Waals surface area contributed by atoms with Crippen molar-refractivity contribution in [3.63, 3.8) is 0 Å². The molecule has 96 valence electrons. The number of aromatic nitrogens is 3. The smallest absolute Gasteiger partial charge is 0.191 e. The number of thiophene rings is 1. The zero-order chi connectivity index (χ0) is 12.6. The summed E-state index contributed by atoms with van der Waals surface area (Å²) in [6.45, 7) is 4.38. The molecule has 3 rings (SSSR count). The zero-order valence-electron chi connectivity index (χ0n) is 10.8. The highest BCUT2D eigenvalue weighted by Crippen LogP contribution is 2.31. The Morgan fingerprint density at radius 2 is 2.39 bits per heavy atom. The molecule has 0 amide bonds. The van der Waals surface area contributed by atoms with E-state index in [2.05, 4.69) is 28.8 Å². The van der Waals surface area contributed by atoms with E-state index in [-0.39, 0.29) is 5.41 Å². The van der Waals surface area contributed by atoms with Crippen molar-refractivity contribution in [2.75, 3.05) is 13.1 Å². The first-order valence-corrected chi connectivity index (χ1v) is 7.23. The Bertz CT molecular complexity index is 523. The average molecular weight is 262 g/mol. The number of nitrogens with zero attached hydrogens (tertiary/aromatic N) is 3. The van der Waals surface area contributed by atoms with Crippen LogP contribution in [0.3, 0.4) is 0 Å². The van der Waals surface area contributed by atoms with Crippen LogP contribution in [0, 0.1) is 0 Å². The Balaban J connectivity index is 1.97. The second-order valence-corrected chi connectivity index (χ2v) is 6.15. The minimum atomic E-state index is 0.107. The van der Waals surface area contributed by atoms with Crippen LogP contribution in [0.15, 0.2) is 17.5 Å². The minimum absolute atomic E-state index is 0.107. The van der Waals surface area contributed by atoms with Gasteiger partial charge in [0, 0.05) is 19.0 Å². The monoisotopic (exact) mass is 262 g/mol. The van der Waals surface area contributed by atoms with Gasteiger partial charge in [-0.3, -0.25) is 4.68 Å². The van der Waals surface area contributed by atoms with E-state index in [0.717, 1.165) is 29.6 Å². The van der Waals surface area contributed by atoms with Gasteiger partial charge in [0.2, 0.25) is 0 Å². The Morgan fingerprint density at radius 1 is 1.50 bits per heavy atom. The lowest BCUT2D eigenvalue weighted by Crippen LogP contribution is -2.42. The number of aryl methyl sites for hydroxylation is 1. The second kappa shape index (κ2) is 4.48. The van der Waals surface area contributed by atoms with E-state index in [1.54, 1.807) is 11.3 Å². The molecule has 1 unspecified atom stereocenters. The molecule has 1 fully saturated rings. The molecule has 0 aliphatic carbocycles. The second-order valence-electron chi connectivity index (χ2n) is 5.20. The van der Waals surface area contributed by atoms with E-state index < -0.39 is 0 Å². The van der Waals surface area contributed by atoms with Gasteiger partial charge in [0.1, 0.15) is 5.82 Å². The van der Waals surface area contributed by atoms with E-state index in [1.807, 2.05) is 17.8 Å². The molecule has 0 spiro atoms. The minimum Gasteiger partial charge on any atom is -0.316 e. The first-order valence-electron chi connectivity index (χ1n) is 6.35. The van der Waals surface area contributed by atoms with E-state index >= 15 is 0 Å². The molecule has 2 aromatic heterocycles. The van der Waals surface area contributed by atoms with Gasteiger partial charge < -0.3 is 5.32 Å². The van der Waals surface area contributed by atoms with Crippen LogP contribution in [-0.4, -0.2) is 27.9 Å². The lowest BCUT2D eigenvalue weighted by Gasteiger charge is -2.32. The topological polar surface area (TPSA) is 42.7 Å². The largest absolute Gasteiger partial charge is 0.316 e. The summed E-state index contributed by atoms with van der Waals surface area (Å²) >= 11 is 1.69. The third kappa shape index (κ3) is 1.97. The van der Waals surface area contributed by atoms with Crippen molar-refractivity contribution >= 4 is 11.3 Å². The number of hydrogen-bond acceptors (Lipinski definition) is 4. The zero-order valence-corrected chi connectivity index (χ0v) is 11.6. The summed E-state index contributed by atoms with van der Waals surface area (Å²) in [7, 11) is 2.00. The number of nitrogens with one attached hydrogen (secondary N) is 1. The number of piperidine rings is 1. The molecule has 1 aliphatic heterocycles. The highest BCUT2D eigenvalue weighted by Gasteiger charge is 2.33. The molecule has 0 saturated carbocycles. The van der Waals surface area contributed by atoms with Gasteiger partial charge in [0.15, 0.2) is 5.82 Å². The maximum Gasteiger partial charge on any atom is 0.191 e. The van der Waals surface area contributed by atoms with Crippen LogP contribution in [0.25, 0.3) is 10.7 Å². The van der Waals surface area contributed by atoms with Crippen LogP contribution in [0.4, 0.5) is 0 Å². The summed E-state index contributed by atoms with van der Waals surface area (Å²) in [6.07, 6.45) is 2.38. The van der Waals surface area contributed by atoms with E-state index in [0.29, 0.717) is 0 Å². The molecule has 1 saturated heterocycles. The van der Waals surface area contributed by atoms with Crippen LogP contribution in [0.2, 0.25) is 0 Å². The summed E-state index contributed by atoms with van der Waals surface area (Å²) in [5, 5.41) is 10.1. The first kappa shape index (κ1) is 11.9. The highest BCUT2D eigenvalue weighted by molar-refractivity contribution is 7.13. The number of rotatable bonds is 2. The Kier molecular flexibility index (Phi) is 2.95. The van der Waals surface area contributed by atoms with Crippen LogP contribution in [-0.2, 0) is 12.5 Å². The molecular weight excluding hydrogens is 244 g/mol. The summed E-state index contributed by atoms with van der Waals surface area (Å²) < 4.78 is 1.95. The molecule has 1 aliphatic rings. The average Bonchev–Trinajstić information content (AvgIpc) is 2.98. The van der Waals surface area contributed by atoms with Gasteiger partial charge in [-0.15, -0.1) is 11.3 Å². The van der Waals surface area contributed by atoms with Gasteiger partial charge in [0.05, 0.1) is 4.88 Å². The van der Waals surface area contributed by atoms with Gasteiger partial charge in [-0.1, -0.05) is 13.0 Å². The molecule has 3 heterocycles. The summed E-state index contributed by atoms with van der Waals surface area (Å²) in [4.78, 5) is 5.91. The molecule has 1 N–H and O–H groups in total.